The van der Waals surface area contributed by atoms with Gasteiger partial charge in [-0.05, 0) is 54.8 Å². The van der Waals surface area contributed by atoms with Crippen molar-refractivity contribution in [3.8, 4) is 5.75 Å². The van der Waals surface area contributed by atoms with E-state index >= 15 is 0 Å². The lowest BCUT2D eigenvalue weighted by Crippen LogP contribution is -2.44. The summed E-state index contributed by atoms with van der Waals surface area (Å²) >= 11 is 0. The van der Waals surface area contributed by atoms with Gasteiger partial charge in [0.05, 0.1) is 7.11 Å². The minimum absolute atomic E-state index is 0.0848. The van der Waals surface area contributed by atoms with Crippen LogP contribution in [-0.2, 0) is 19.9 Å². The van der Waals surface area contributed by atoms with Crippen LogP contribution in [0.4, 0.5) is 16.2 Å². The summed E-state index contributed by atoms with van der Waals surface area (Å²) in [6.45, 7) is 2.08. The second-order valence-electron chi connectivity index (χ2n) is 8.05. The molecule has 0 spiro atoms. The minimum atomic E-state index is -1.23. The first-order valence-electron chi connectivity index (χ1n) is 10.9. The Morgan fingerprint density at radius 3 is 2.36 bits per heavy atom. The van der Waals surface area contributed by atoms with E-state index in [9.17, 15) is 19.2 Å². The van der Waals surface area contributed by atoms with Gasteiger partial charge in [0.25, 0.3) is 5.91 Å². The summed E-state index contributed by atoms with van der Waals surface area (Å²) in [4.78, 5) is 53.0. The average Bonchev–Trinajstić information content (AvgIpc) is 3.36. The third kappa shape index (κ3) is 4.13. The predicted octanol–water partition coefficient (Wildman–Crippen LogP) is 2.62. The lowest BCUT2D eigenvalue weighted by atomic mass is 9.87. The first-order chi connectivity index (χ1) is 15.9. The third-order valence-electron chi connectivity index (χ3n) is 6.13. The van der Waals surface area contributed by atoms with Gasteiger partial charge < -0.3 is 20.3 Å². The molecule has 0 saturated carbocycles. The molecular formula is C24H26N4O5. The highest BCUT2D eigenvalue weighted by Gasteiger charge is 2.51. The Balaban J connectivity index is 1.43. The van der Waals surface area contributed by atoms with E-state index in [-0.39, 0.29) is 5.91 Å². The highest BCUT2D eigenvalue weighted by Crippen LogP contribution is 2.33. The van der Waals surface area contributed by atoms with Crippen molar-refractivity contribution in [2.24, 2.45) is 0 Å². The Labute approximate surface area is 191 Å². The Bertz CT molecular complexity index is 1080. The van der Waals surface area contributed by atoms with Crippen LogP contribution in [0.25, 0.3) is 0 Å². The van der Waals surface area contributed by atoms with Crippen LogP contribution in [0.1, 0.15) is 31.7 Å². The van der Waals surface area contributed by atoms with Crippen LogP contribution in [-0.4, -0.2) is 48.9 Å². The summed E-state index contributed by atoms with van der Waals surface area (Å²) in [7, 11) is 1.55. The SMILES string of the molecule is CCC1(c2ccc(OC)cc2)NC(=O)N(CC(=O)Nc2ccc(N3CCCC3=O)cc2)C1=O. The van der Waals surface area contributed by atoms with Gasteiger partial charge >= 0.3 is 6.03 Å². The predicted molar refractivity (Wildman–Crippen MR) is 122 cm³/mol. The third-order valence-corrected chi connectivity index (χ3v) is 6.13. The second kappa shape index (κ2) is 8.93. The molecular weight excluding hydrogens is 424 g/mol. The zero-order valence-electron chi connectivity index (χ0n) is 18.6. The van der Waals surface area contributed by atoms with Gasteiger partial charge in [0, 0.05) is 24.3 Å². The van der Waals surface area contributed by atoms with E-state index in [1.54, 1.807) is 67.5 Å². The van der Waals surface area contributed by atoms with Crippen molar-refractivity contribution in [2.75, 3.05) is 30.4 Å². The molecule has 1 atom stereocenters. The molecule has 2 N–H and O–H groups in total. The van der Waals surface area contributed by atoms with E-state index in [0.29, 0.717) is 36.4 Å². The van der Waals surface area contributed by atoms with Crippen molar-refractivity contribution in [2.45, 2.75) is 31.7 Å². The molecule has 2 aliphatic heterocycles. The standard InChI is InChI=1S/C24H26N4O5/c1-3-24(16-6-12-19(33-2)13-7-16)22(31)28(23(32)26-24)15-20(29)25-17-8-10-18(11-9-17)27-14-4-5-21(27)30/h6-13H,3-5,14-15H2,1-2H3,(H,25,29)(H,26,32). The Kier molecular flexibility index (Phi) is 6.04. The summed E-state index contributed by atoms with van der Waals surface area (Å²) < 4.78 is 5.16. The molecule has 0 bridgehead atoms. The van der Waals surface area contributed by atoms with E-state index in [2.05, 4.69) is 10.6 Å². The molecule has 9 heteroatoms. The number of carbonyl (C=O) groups is 4. The number of methoxy groups -OCH3 is 1. The molecule has 2 fully saturated rings. The molecule has 0 aliphatic carbocycles. The number of nitrogens with zero attached hydrogens (tertiary/aromatic N) is 2. The van der Waals surface area contributed by atoms with E-state index < -0.39 is 29.9 Å². The maximum absolute atomic E-state index is 13.2. The Morgan fingerprint density at radius 1 is 1.09 bits per heavy atom. The normalized spacial score (nSPS) is 20.2. The van der Waals surface area contributed by atoms with Gasteiger partial charge in [0.2, 0.25) is 11.8 Å². The van der Waals surface area contributed by atoms with Crippen molar-refractivity contribution in [1.29, 1.82) is 0 Å². The number of anilines is 2. The van der Waals surface area contributed by atoms with Gasteiger partial charge in [-0.25, -0.2) is 4.79 Å². The van der Waals surface area contributed by atoms with Crippen LogP contribution in [0.3, 0.4) is 0 Å². The highest BCUT2D eigenvalue weighted by atomic mass is 16.5. The number of imide groups is 1. The second-order valence-corrected chi connectivity index (χ2v) is 8.05. The molecule has 1 unspecified atom stereocenters. The fourth-order valence-corrected chi connectivity index (χ4v) is 4.27. The lowest BCUT2D eigenvalue weighted by molar-refractivity contribution is -0.134. The topological polar surface area (TPSA) is 108 Å². The molecule has 2 aliphatic rings. The van der Waals surface area contributed by atoms with Gasteiger partial charge in [-0.1, -0.05) is 19.1 Å². The number of urea groups is 1. The quantitative estimate of drug-likeness (QED) is 0.631. The van der Waals surface area contributed by atoms with Crippen molar-refractivity contribution < 1.29 is 23.9 Å². The number of ether oxygens (including phenoxy) is 1. The number of benzene rings is 2. The van der Waals surface area contributed by atoms with Crippen LogP contribution in [0.5, 0.6) is 5.75 Å². The fraction of sp³-hybridized carbons (Fsp3) is 0.333. The molecule has 0 aromatic heterocycles. The van der Waals surface area contributed by atoms with Crippen molar-refractivity contribution in [3.05, 3.63) is 54.1 Å². The van der Waals surface area contributed by atoms with Gasteiger partial charge in [-0.3, -0.25) is 19.3 Å². The van der Waals surface area contributed by atoms with Crippen molar-refractivity contribution in [3.63, 3.8) is 0 Å². The van der Waals surface area contributed by atoms with E-state index in [0.717, 1.165) is 17.0 Å². The Hall–Kier alpha value is -3.88. The summed E-state index contributed by atoms with van der Waals surface area (Å²) in [5.41, 5.74) is 0.684. The zero-order valence-corrected chi connectivity index (χ0v) is 18.6. The molecule has 2 heterocycles. The maximum atomic E-state index is 13.2. The number of amides is 5. The number of nitrogens with one attached hydrogen (secondary N) is 2. The first-order valence-corrected chi connectivity index (χ1v) is 10.9. The first kappa shape index (κ1) is 22.3. The van der Waals surface area contributed by atoms with Crippen LogP contribution in [0, 0.1) is 0 Å². The average molecular weight is 450 g/mol. The summed E-state index contributed by atoms with van der Waals surface area (Å²) in [5.74, 6) is -0.247. The van der Waals surface area contributed by atoms with Crippen molar-refractivity contribution in [1.82, 2.24) is 10.2 Å². The van der Waals surface area contributed by atoms with Gasteiger partial charge in [-0.2, -0.15) is 0 Å². The summed E-state index contributed by atoms with van der Waals surface area (Å²) in [6.07, 6.45) is 1.71. The van der Waals surface area contributed by atoms with E-state index in [1.165, 1.54) is 0 Å². The Morgan fingerprint density at radius 2 is 1.79 bits per heavy atom. The summed E-state index contributed by atoms with van der Waals surface area (Å²) in [6, 6.07) is 13.2. The van der Waals surface area contributed by atoms with Gasteiger partial charge in [0.1, 0.15) is 17.8 Å². The number of carbonyl (C=O) groups excluding carboxylic acids is 4. The highest BCUT2D eigenvalue weighted by molar-refractivity contribution is 6.10. The molecule has 172 valence electrons. The lowest BCUT2D eigenvalue weighted by Gasteiger charge is -2.26. The molecule has 2 aromatic rings. The zero-order chi connectivity index (χ0) is 23.6. The number of rotatable bonds is 7. The molecule has 9 nitrogen and oxygen atoms in total. The van der Waals surface area contributed by atoms with E-state index in [4.69, 9.17) is 4.74 Å². The smallest absolute Gasteiger partial charge is 0.325 e. The fourth-order valence-electron chi connectivity index (χ4n) is 4.27. The van der Waals surface area contributed by atoms with Crippen LogP contribution >= 0.6 is 0 Å². The van der Waals surface area contributed by atoms with Crippen LogP contribution < -0.4 is 20.3 Å². The molecule has 4 rings (SSSR count). The molecule has 2 saturated heterocycles. The van der Waals surface area contributed by atoms with E-state index in [1.807, 2.05) is 0 Å². The molecule has 2 aromatic carbocycles. The van der Waals surface area contributed by atoms with Gasteiger partial charge in [-0.15, -0.1) is 0 Å². The maximum Gasteiger partial charge on any atom is 0.325 e. The van der Waals surface area contributed by atoms with Crippen molar-refractivity contribution >= 4 is 35.1 Å². The summed E-state index contributed by atoms with van der Waals surface area (Å²) in [5, 5.41) is 5.47. The molecule has 0 radical (unpaired) electrons. The van der Waals surface area contributed by atoms with Gasteiger partial charge in [0.15, 0.2) is 0 Å². The molecule has 5 amide bonds. The number of hydrogen-bond acceptors (Lipinski definition) is 5. The number of hydrogen-bond donors (Lipinski definition) is 2. The van der Waals surface area contributed by atoms with Crippen LogP contribution in [0.2, 0.25) is 0 Å². The van der Waals surface area contributed by atoms with Crippen LogP contribution in [0.15, 0.2) is 48.5 Å². The minimum Gasteiger partial charge on any atom is -0.497 e. The molecule has 33 heavy (non-hydrogen) atoms. The largest absolute Gasteiger partial charge is 0.497 e. The monoisotopic (exact) mass is 450 g/mol.